The minimum Gasteiger partial charge on any atom is -0.466 e. The Morgan fingerprint density at radius 1 is 1.58 bits per heavy atom. The molecule has 4 aliphatic rings. The molecule has 0 unspecified atom stereocenters. The number of hydrogen-bond acceptors (Lipinski definition) is 5. The van der Waals surface area contributed by atoms with Crippen molar-refractivity contribution in [3.8, 4) is 0 Å². The van der Waals surface area contributed by atoms with E-state index in [0.29, 0.717) is 12.2 Å². The summed E-state index contributed by atoms with van der Waals surface area (Å²) in [5, 5.41) is 0. The van der Waals surface area contributed by atoms with E-state index >= 15 is 0 Å². The van der Waals surface area contributed by atoms with E-state index in [1.165, 1.54) is 14.2 Å². The van der Waals surface area contributed by atoms with Crippen LogP contribution in [0.5, 0.6) is 0 Å². The molecule has 5 heteroatoms. The maximum Gasteiger partial charge on any atom is 0.333 e. The summed E-state index contributed by atoms with van der Waals surface area (Å²) in [6.45, 7) is 4.19. The monoisotopic (exact) mass is 264 g/mol. The van der Waals surface area contributed by atoms with Crippen molar-refractivity contribution in [1.82, 2.24) is 0 Å². The molecule has 102 valence electrons. The zero-order valence-corrected chi connectivity index (χ0v) is 10.9. The first-order valence-electron chi connectivity index (χ1n) is 6.26. The van der Waals surface area contributed by atoms with Crippen molar-refractivity contribution >= 4 is 11.8 Å². The Kier molecular flexibility index (Phi) is 2.66. The van der Waals surface area contributed by atoms with Gasteiger partial charge in [-0.2, -0.15) is 0 Å². The van der Waals surface area contributed by atoms with Crippen LogP contribution in [0.4, 0.5) is 0 Å². The highest BCUT2D eigenvalue weighted by atomic mass is 16.7. The zero-order valence-electron chi connectivity index (χ0n) is 10.9. The number of allylic oxidation sites excluding steroid dienone is 2. The summed E-state index contributed by atoms with van der Waals surface area (Å²) in [5.41, 5.74) is 0.495. The van der Waals surface area contributed by atoms with Crippen molar-refractivity contribution in [1.29, 1.82) is 0 Å². The van der Waals surface area contributed by atoms with Crippen LogP contribution in [0.3, 0.4) is 0 Å². The number of rotatable bonds is 3. The Balaban J connectivity index is 2.15. The molecule has 0 aromatic carbocycles. The van der Waals surface area contributed by atoms with E-state index in [-0.39, 0.29) is 17.6 Å². The Hall–Kier alpha value is -1.46. The second-order valence-corrected chi connectivity index (χ2v) is 5.14. The molecule has 4 rings (SSSR count). The van der Waals surface area contributed by atoms with Gasteiger partial charge in [-0.3, -0.25) is 4.79 Å². The molecular weight excluding hydrogens is 248 g/mol. The molecule has 1 saturated heterocycles. The smallest absolute Gasteiger partial charge is 0.333 e. The first-order chi connectivity index (χ1) is 9.10. The molecule has 1 aliphatic heterocycles. The van der Waals surface area contributed by atoms with Gasteiger partial charge in [0.2, 0.25) is 5.79 Å². The van der Waals surface area contributed by atoms with Crippen LogP contribution in [0.1, 0.15) is 0 Å². The van der Waals surface area contributed by atoms with Crippen molar-refractivity contribution in [2.24, 2.45) is 23.7 Å². The number of carbonyl (C=O) groups excluding carboxylic acids is 2. The average molecular weight is 264 g/mol. The van der Waals surface area contributed by atoms with Gasteiger partial charge in [-0.05, 0) is 5.92 Å². The molecule has 3 aliphatic carbocycles. The van der Waals surface area contributed by atoms with Crippen LogP contribution < -0.4 is 0 Å². The summed E-state index contributed by atoms with van der Waals surface area (Å²) in [7, 11) is 2.78. The molecular formula is C14H16O5. The minimum atomic E-state index is -1.31. The summed E-state index contributed by atoms with van der Waals surface area (Å²) >= 11 is 0. The molecule has 5 nitrogen and oxygen atoms in total. The number of carbonyl (C=O) groups is 2. The van der Waals surface area contributed by atoms with Crippen molar-refractivity contribution in [3.63, 3.8) is 0 Å². The number of ketones is 1. The summed E-state index contributed by atoms with van der Waals surface area (Å²) in [4.78, 5) is 24.4. The lowest BCUT2D eigenvalue weighted by atomic mass is 9.57. The Labute approximate surface area is 111 Å². The Morgan fingerprint density at radius 2 is 2.32 bits per heavy atom. The number of esters is 1. The fourth-order valence-corrected chi connectivity index (χ4v) is 3.76. The van der Waals surface area contributed by atoms with E-state index in [1.807, 2.05) is 0 Å². The normalized spacial score (nSPS) is 43.1. The highest BCUT2D eigenvalue weighted by Gasteiger charge is 2.68. The van der Waals surface area contributed by atoms with Crippen LogP contribution >= 0.6 is 0 Å². The van der Waals surface area contributed by atoms with Gasteiger partial charge in [-0.1, -0.05) is 12.2 Å². The molecule has 0 spiro atoms. The van der Waals surface area contributed by atoms with Crippen LogP contribution in [-0.2, 0) is 23.8 Å². The molecule has 0 aromatic heterocycles. The maximum atomic E-state index is 12.5. The zero-order chi connectivity index (χ0) is 13.8. The first-order valence-corrected chi connectivity index (χ1v) is 6.26. The largest absolute Gasteiger partial charge is 0.466 e. The van der Waals surface area contributed by atoms with Crippen LogP contribution in [-0.4, -0.2) is 38.4 Å². The van der Waals surface area contributed by atoms with Gasteiger partial charge in [-0.15, -0.1) is 6.58 Å². The highest BCUT2D eigenvalue weighted by Crippen LogP contribution is 2.57. The lowest BCUT2D eigenvalue weighted by Gasteiger charge is -2.47. The molecule has 0 radical (unpaired) electrons. The van der Waals surface area contributed by atoms with E-state index in [0.717, 1.165) is 0 Å². The highest BCUT2D eigenvalue weighted by molar-refractivity contribution is 6.00. The van der Waals surface area contributed by atoms with E-state index in [9.17, 15) is 9.59 Å². The van der Waals surface area contributed by atoms with Gasteiger partial charge in [-0.25, -0.2) is 4.79 Å². The van der Waals surface area contributed by atoms with Gasteiger partial charge < -0.3 is 14.2 Å². The van der Waals surface area contributed by atoms with Crippen LogP contribution in [0, 0.1) is 23.7 Å². The molecule has 0 aromatic rings. The minimum absolute atomic E-state index is 0.00307. The number of ether oxygens (including phenoxy) is 3. The van der Waals surface area contributed by atoms with Gasteiger partial charge in [0.25, 0.3) is 0 Å². The van der Waals surface area contributed by atoms with E-state index in [1.54, 1.807) is 12.2 Å². The van der Waals surface area contributed by atoms with Gasteiger partial charge in [0, 0.05) is 24.5 Å². The van der Waals surface area contributed by atoms with Crippen molar-refractivity contribution < 1.29 is 23.8 Å². The fourth-order valence-electron chi connectivity index (χ4n) is 3.76. The van der Waals surface area contributed by atoms with Crippen molar-refractivity contribution in [3.05, 3.63) is 24.3 Å². The quantitative estimate of drug-likeness (QED) is 0.555. The SMILES string of the molecule is C=C[C@@H]1[C@H]2CO[C@@]3(OC)C(=O)[C@@H]1C=C(C(=O)OC)[C@@H]23. The Bertz CT molecular complexity index is 494. The third-order valence-electron chi connectivity index (χ3n) is 4.57. The molecule has 1 saturated carbocycles. The Morgan fingerprint density at radius 3 is 2.89 bits per heavy atom. The molecule has 2 fully saturated rings. The van der Waals surface area contributed by atoms with Gasteiger partial charge in [0.1, 0.15) is 0 Å². The molecule has 0 N–H and O–H groups in total. The second-order valence-electron chi connectivity index (χ2n) is 5.14. The number of hydrogen-bond donors (Lipinski definition) is 0. The number of methoxy groups -OCH3 is 2. The summed E-state index contributed by atoms with van der Waals surface area (Å²) in [5.74, 6) is -2.62. The third-order valence-corrected chi connectivity index (χ3v) is 4.57. The summed E-state index contributed by atoms with van der Waals surface area (Å²) < 4.78 is 15.8. The van der Waals surface area contributed by atoms with E-state index in [4.69, 9.17) is 14.2 Å². The molecule has 1 heterocycles. The fraction of sp³-hybridized carbons (Fsp3) is 0.571. The van der Waals surface area contributed by atoms with Gasteiger partial charge in [0.15, 0.2) is 5.78 Å². The molecule has 19 heavy (non-hydrogen) atoms. The lowest BCUT2D eigenvalue weighted by Crippen LogP contribution is -2.59. The average Bonchev–Trinajstić information content (AvgIpc) is 2.81. The first kappa shape index (κ1) is 12.6. The van der Waals surface area contributed by atoms with Crippen LogP contribution in [0.2, 0.25) is 0 Å². The molecule has 5 atom stereocenters. The van der Waals surface area contributed by atoms with Crippen molar-refractivity contribution in [2.45, 2.75) is 5.79 Å². The maximum absolute atomic E-state index is 12.5. The molecule has 0 amide bonds. The summed E-state index contributed by atoms with van der Waals surface area (Å²) in [6.07, 6.45) is 3.48. The second kappa shape index (κ2) is 4.02. The third kappa shape index (κ3) is 1.32. The van der Waals surface area contributed by atoms with E-state index < -0.39 is 23.6 Å². The predicted molar refractivity (Wildman–Crippen MR) is 65.0 cm³/mol. The number of Topliss-reactive ketones (excluding diaryl/α,β-unsaturated/α-hetero) is 1. The van der Waals surface area contributed by atoms with Gasteiger partial charge >= 0.3 is 5.97 Å². The predicted octanol–water partition coefficient (Wildman–Crippen LogP) is 0.706. The van der Waals surface area contributed by atoms with Crippen LogP contribution in [0.15, 0.2) is 24.3 Å². The van der Waals surface area contributed by atoms with Gasteiger partial charge in [0.05, 0.1) is 19.6 Å². The lowest BCUT2D eigenvalue weighted by molar-refractivity contribution is -0.218. The molecule has 4 bridgehead atoms. The van der Waals surface area contributed by atoms with Crippen molar-refractivity contribution in [2.75, 3.05) is 20.8 Å². The topological polar surface area (TPSA) is 61.8 Å². The summed E-state index contributed by atoms with van der Waals surface area (Å²) in [6, 6.07) is 0. The van der Waals surface area contributed by atoms with E-state index in [2.05, 4.69) is 6.58 Å². The standard InChI is InChI=1S/C14H16O5/c1-4-7-8-5-9(13(16)17-2)11-10(7)6-19-14(11,18-3)12(8)15/h4-5,7-8,10-11H,1,6H2,2-3H3/t7-,8+,10+,11-,14+/m0/s1. The van der Waals surface area contributed by atoms with Crippen LogP contribution in [0.25, 0.3) is 0 Å².